The molecule has 0 aromatic heterocycles. The van der Waals surface area contributed by atoms with Crippen LogP contribution in [0.5, 0.6) is 0 Å². The van der Waals surface area contributed by atoms with E-state index in [2.05, 4.69) is 84.6 Å². The molecule has 4 aliphatic carbocycles. The third-order valence-electron chi connectivity index (χ3n) is 29.4. The van der Waals surface area contributed by atoms with Gasteiger partial charge in [-0.15, -0.1) is 0 Å². The van der Waals surface area contributed by atoms with Gasteiger partial charge in [0.1, 0.15) is 33.0 Å². The first kappa shape index (κ1) is 127. The zero-order chi connectivity index (χ0) is 98.9. The Morgan fingerprint density at radius 3 is 1.28 bits per heavy atom. The van der Waals surface area contributed by atoms with E-state index in [0.717, 1.165) is 132 Å². The molecule has 11 atom stereocenters. The van der Waals surface area contributed by atoms with Gasteiger partial charge < -0.3 is 53.6 Å². The average molecular weight is 1960 g/mol. The van der Waals surface area contributed by atoms with E-state index in [-0.39, 0.29) is 82.4 Å². The lowest BCUT2D eigenvalue weighted by atomic mass is 9.44. The molecular formula is C107H208N4O20P2S+2. The number of phosphoric ester groups is 2. The molecular weight excluding hydrogens is 1760 g/mol. The van der Waals surface area contributed by atoms with Crippen LogP contribution in [0, 0.1) is 46.3 Å². The average Bonchev–Trinajstić information content (AvgIpc) is 1.50. The number of hydrogen-bond acceptors (Lipinski definition) is 18. The number of fused-ring (bicyclic) bond motifs is 5. The molecule has 0 aliphatic heterocycles. The van der Waals surface area contributed by atoms with Gasteiger partial charge in [-0.2, -0.15) is 8.42 Å². The number of allylic oxidation sites excluding steroid dienone is 2. The number of esters is 4. The van der Waals surface area contributed by atoms with Gasteiger partial charge in [-0.25, -0.2) is 9.13 Å². The summed E-state index contributed by atoms with van der Waals surface area (Å²) >= 11 is 0. The van der Waals surface area contributed by atoms with Gasteiger partial charge in [0.15, 0.2) is 12.2 Å². The SMILES string of the molecule is CCCCCCCC/C=C\CCCCCCCC(=O)O[C@H](COC(=O)CCCCCCCCCCCCCCC)COS(=O)(=O)CCC[N+](C)(C)CCCNC(=O)CC[C@@H](C)[C@H]1CCC2C3CCC4CCCC[C@]4(C)C3CC[C@@]21C.CCCCCCCCCCCCCC(=O)OC[C@H](COP(=O)(O)OCC[N+](C)(C)C)OC(=O)CCCCCCCCCCCCC.NCCOP(=O)(O)O. The predicted octanol–water partition coefficient (Wildman–Crippen LogP) is 26.5. The Kier molecular flexibility index (Phi) is 73.7. The largest absolute Gasteiger partial charge is 0.472 e. The third kappa shape index (κ3) is 66.0. The second-order valence-corrected chi connectivity index (χ2v) is 47.3. The van der Waals surface area contributed by atoms with Crippen molar-refractivity contribution >= 4 is 55.5 Å². The molecule has 27 heteroatoms. The van der Waals surface area contributed by atoms with Gasteiger partial charge in [-0.3, -0.25) is 41.7 Å². The highest BCUT2D eigenvalue weighted by Crippen LogP contribution is 2.68. The lowest BCUT2D eigenvalue weighted by Crippen LogP contribution is -2.53. The lowest BCUT2D eigenvalue weighted by Gasteiger charge is -2.61. The highest BCUT2D eigenvalue weighted by atomic mass is 32.2. The molecule has 6 N–H and O–H groups in total. The Morgan fingerprint density at radius 1 is 0.440 bits per heavy atom. The smallest absolute Gasteiger partial charge is 0.462 e. The number of nitrogens with two attached hydrogens (primary N) is 1. The Labute approximate surface area is 820 Å². The Hall–Kier alpha value is -2.90. The molecule has 0 spiro atoms. The molecule has 4 aliphatic rings. The minimum atomic E-state index is -4.35. The van der Waals surface area contributed by atoms with Gasteiger partial charge in [0, 0.05) is 58.0 Å². The molecule has 24 nitrogen and oxygen atoms in total. The number of rotatable bonds is 84. The van der Waals surface area contributed by atoms with Crippen molar-refractivity contribution in [2.45, 2.75) is 484 Å². The standard InChI is InChI=1S/C69H126N2O8S.C36H72NO8P.C2H8NO4P/c1-8-10-12-14-16-18-20-22-23-25-27-29-31-33-35-42-67(74)79-60(56-77-66(73)41-34-32-30-28-26-24-21-19-17-15-13-11-9-2)57-78-80(75,76)55-39-54-71(6,7)53-38-52-70-65(72)48-43-58(3)62-46-47-63-61-45-44-59-40-36-37-50-68(59,4)64(61)49-51-69(62,63)5;1-6-8-10-12-14-16-18-20-22-24-26-28-35(38)42-32-34(33-44-46(40,41)43-31-30-37(3,4)5)45-36(39)29-27-25-23-21-19-17-15-13-11-9-7-2;3-1-2-7-8(4,5)6/h22-23,58-64H,8-21,24-57H2,1-7H3;34H,6-33H2,1-5H3;1-3H2,(H2,4,5,6)/p+2/b23-22-;;/t58-,59?,60-,61?,62-,63?,64?,68+,69-;34-;/m11./s1. The maximum absolute atomic E-state index is 13.2. The quantitative estimate of drug-likeness (QED) is 0.00718. The lowest BCUT2D eigenvalue weighted by molar-refractivity contribution is -0.890. The van der Waals surface area contributed by atoms with E-state index < -0.39 is 56.5 Å². The number of quaternary nitrogens is 2. The number of phosphoric acid groups is 2. The zero-order valence-corrected chi connectivity index (χ0v) is 90.6. The van der Waals surface area contributed by atoms with Crippen molar-refractivity contribution in [2.75, 3.05) is 113 Å². The topological polar surface area (TPSA) is 326 Å². The van der Waals surface area contributed by atoms with Gasteiger partial charge in [0.25, 0.3) is 10.1 Å². The van der Waals surface area contributed by atoms with Crippen LogP contribution in [0.3, 0.4) is 0 Å². The number of nitrogens with one attached hydrogen (secondary N) is 1. The van der Waals surface area contributed by atoms with Crippen molar-refractivity contribution in [3.05, 3.63) is 12.2 Å². The summed E-state index contributed by atoms with van der Waals surface area (Å²) in [5.41, 5.74) is 5.87. The number of carbonyl (C=O) groups is 5. The van der Waals surface area contributed by atoms with Crippen LogP contribution in [-0.4, -0.2) is 187 Å². The third-order valence-corrected chi connectivity index (χ3v) is 32.2. The molecule has 0 aromatic carbocycles. The summed E-state index contributed by atoms with van der Waals surface area (Å²) in [4.78, 5) is 90.0. The molecule has 5 unspecified atom stereocenters. The summed E-state index contributed by atoms with van der Waals surface area (Å²) in [6.07, 6.45) is 77.9. The summed E-state index contributed by atoms with van der Waals surface area (Å²) in [7, 11) is -2.52. The molecule has 4 saturated carbocycles. The van der Waals surface area contributed by atoms with Crippen LogP contribution in [0.4, 0.5) is 0 Å². The second kappa shape index (κ2) is 77.7. The van der Waals surface area contributed by atoms with E-state index in [1.54, 1.807) is 0 Å². The zero-order valence-electron chi connectivity index (χ0n) is 88.0. The maximum atomic E-state index is 13.2. The summed E-state index contributed by atoms with van der Waals surface area (Å²) in [5, 5.41) is 3.20. The van der Waals surface area contributed by atoms with Crippen molar-refractivity contribution in [2.24, 2.45) is 52.1 Å². The monoisotopic (exact) mass is 1960 g/mol. The molecule has 0 aromatic rings. The van der Waals surface area contributed by atoms with Crippen molar-refractivity contribution in [3.8, 4) is 0 Å². The fraction of sp³-hybridized carbons (Fsp3) is 0.935. The molecule has 0 bridgehead atoms. The fourth-order valence-electron chi connectivity index (χ4n) is 21.2. The second-order valence-electron chi connectivity index (χ2n) is 42.8. The van der Waals surface area contributed by atoms with E-state index in [1.165, 1.54) is 276 Å². The number of nitrogens with zero attached hydrogens (tertiary/aromatic N) is 2. The highest BCUT2D eigenvalue weighted by molar-refractivity contribution is 7.86. The Bertz CT molecular complexity index is 3200. The summed E-state index contributed by atoms with van der Waals surface area (Å²) in [6.45, 7) is 18.1. The minimum Gasteiger partial charge on any atom is -0.462 e. The van der Waals surface area contributed by atoms with Crippen LogP contribution in [0.1, 0.15) is 472 Å². The van der Waals surface area contributed by atoms with E-state index in [1.807, 2.05) is 21.1 Å². The highest BCUT2D eigenvalue weighted by Gasteiger charge is 2.60. The number of unbranched alkanes of at least 4 members (excludes halogenated alkanes) is 43. The first-order chi connectivity index (χ1) is 64.1. The van der Waals surface area contributed by atoms with E-state index in [9.17, 15) is 46.4 Å². The number of hydrogen-bond donors (Lipinski definition) is 5. The Morgan fingerprint density at radius 2 is 0.851 bits per heavy atom. The van der Waals surface area contributed by atoms with Crippen LogP contribution < -0.4 is 11.1 Å². The predicted molar refractivity (Wildman–Crippen MR) is 547 cm³/mol. The molecule has 0 heterocycles. The van der Waals surface area contributed by atoms with Crippen LogP contribution >= 0.6 is 15.6 Å². The molecule has 790 valence electrons. The van der Waals surface area contributed by atoms with Crippen LogP contribution in [0.2, 0.25) is 0 Å². The first-order valence-corrected chi connectivity index (χ1v) is 59.8. The number of ether oxygens (including phenoxy) is 4. The maximum Gasteiger partial charge on any atom is 0.472 e. The van der Waals surface area contributed by atoms with Crippen molar-refractivity contribution in [3.63, 3.8) is 0 Å². The number of amides is 1. The van der Waals surface area contributed by atoms with E-state index in [4.69, 9.17) is 47.7 Å². The molecule has 134 heavy (non-hydrogen) atoms. The van der Waals surface area contributed by atoms with E-state index in [0.29, 0.717) is 77.5 Å². The van der Waals surface area contributed by atoms with Gasteiger partial charge >= 0.3 is 39.5 Å². The molecule has 4 rings (SSSR count). The normalized spacial score (nSPS) is 20.2. The molecule has 0 saturated heterocycles. The van der Waals surface area contributed by atoms with Crippen LogP contribution in [0.15, 0.2) is 12.2 Å². The Balaban J connectivity index is 0.000000947. The van der Waals surface area contributed by atoms with Crippen molar-refractivity contribution in [1.29, 1.82) is 0 Å². The summed E-state index contributed by atoms with van der Waals surface area (Å²) in [6, 6.07) is 0. The van der Waals surface area contributed by atoms with Crippen molar-refractivity contribution in [1.82, 2.24) is 5.32 Å². The van der Waals surface area contributed by atoms with Gasteiger partial charge in [-0.1, -0.05) is 330 Å². The van der Waals surface area contributed by atoms with Crippen LogP contribution in [0.25, 0.3) is 0 Å². The molecule has 4 fully saturated rings. The summed E-state index contributed by atoms with van der Waals surface area (Å²) < 4.78 is 91.6. The fourth-order valence-corrected chi connectivity index (χ4v) is 23.3. The van der Waals surface area contributed by atoms with Gasteiger partial charge in [0.05, 0.1) is 67.3 Å². The van der Waals surface area contributed by atoms with E-state index >= 15 is 0 Å². The van der Waals surface area contributed by atoms with Gasteiger partial charge in [-0.05, 0) is 155 Å². The van der Waals surface area contributed by atoms with Gasteiger partial charge in [0.2, 0.25) is 5.91 Å². The molecule has 0 radical (unpaired) electrons. The van der Waals surface area contributed by atoms with Crippen LogP contribution in [-0.2, 0) is 79.9 Å². The molecule has 1 amide bonds. The first-order valence-electron chi connectivity index (χ1n) is 55.2. The minimum absolute atomic E-state index is 0.0362. The number of likely N-dealkylation sites (N-methyl/N-ethyl adjacent to an activating group) is 1. The number of carbonyl (C=O) groups excluding carboxylic acids is 5. The summed E-state index contributed by atoms with van der Waals surface area (Å²) in [5.74, 6) is 3.34. The van der Waals surface area contributed by atoms with Crippen molar-refractivity contribution < 1.29 is 102 Å².